The average molecular weight is 284 g/mol. The highest BCUT2D eigenvalue weighted by Gasteiger charge is 2.16. The molecule has 1 heterocycles. The standard InChI is InChI=1S/C5H5IN2O2S/c6-2-1-8-5(11-2)3(9)4(7)10/h1,3,9H,(H2,7,10). The van der Waals surface area contributed by atoms with E-state index in [1.807, 2.05) is 0 Å². The third-order valence-electron chi connectivity index (χ3n) is 0.999. The summed E-state index contributed by atoms with van der Waals surface area (Å²) in [5.41, 5.74) is 4.85. The van der Waals surface area contributed by atoms with E-state index in [1.54, 1.807) is 6.20 Å². The van der Waals surface area contributed by atoms with Gasteiger partial charge < -0.3 is 10.8 Å². The van der Waals surface area contributed by atoms with Gasteiger partial charge in [-0.1, -0.05) is 0 Å². The Morgan fingerprint density at radius 1 is 1.91 bits per heavy atom. The topological polar surface area (TPSA) is 76.2 Å². The van der Waals surface area contributed by atoms with E-state index in [0.29, 0.717) is 5.01 Å². The lowest BCUT2D eigenvalue weighted by atomic mass is 10.4. The number of carbonyl (C=O) groups excluding carboxylic acids is 1. The van der Waals surface area contributed by atoms with E-state index in [-0.39, 0.29) is 0 Å². The van der Waals surface area contributed by atoms with Crippen molar-refractivity contribution in [2.24, 2.45) is 5.73 Å². The highest BCUT2D eigenvalue weighted by molar-refractivity contribution is 14.1. The lowest BCUT2D eigenvalue weighted by Gasteiger charge is -1.98. The van der Waals surface area contributed by atoms with Crippen LogP contribution in [0.3, 0.4) is 0 Å². The molecule has 0 aliphatic carbocycles. The fourth-order valence-electron chi connectivity index (χ4n) is 0.515. The molecule has 1 atom stereocenters. The summed E-state index contributed by atoms with van der Waals surface area (Å²) >= 11 is 3.30. The first-order valence-electron chi connectivity index (χ1n) is 2.70. The van der Waals surface area contributed by atoms with Gasteiger partial charge in [0.05, 0.1) is 9.08 Å². The molecule has 0 bridgehead atoms. The van der Waals surface area contributed by atoms with Crippen LogP contribution in [-0.4, -0.2) is 16.0 Å². The molecule has 1 aromatic rings. The van der Waals surface area contributed by atoms with E-state index in [9.17, 15) is 4.79 Å². The van der Waals surface area contributed by atoms with Gasteiger partial charge in [0.25, 0.3) is 5.91 Å². The number of carbonyl (C=O) groups is 1. The van der Waals surface area contributed by atoms with Gasteiger partial charge in [0.1, 0.15) is 5.01 Å². The number of rotatable bonds is 2. The molecule has 60 valence electrons. The molecular weight excluding hydrogens is 279 g/mol. The zero-order valence-electron chi connectivity index (χ0n) is 5.32. The third-order valence-corrected chi connectivity index (χ3v) is 2.78. The predicted molar refractivity (Wildman–Crippen MR) is 49.0 cm³/mol. The Hall–Kier alpha value is -0.210. The average Bonchev–Trinajstić information content (AvgIpc) is 2.34. The molecule has 0 fully saturated rings. The van der Waals surface area contributed by atoms with Crippen LogP contribution in [0.5, 0.6) is 0 Å². The summed E-state index contributed by atoms with van der Waals surface area (Å²) < 4.78 is 0.915. The smallest absolute Gasteiger partial charge is 0.253 e. The number of aliphatic hydroxyl groups is 1. The Bertz CT molecular complexity index is 275. The number of hydrogen-bond acceptors (Lipinski definition) is 4. The molecule has 0 spiro atoms. The molecule has 1 unspecified atom stereocenters. The molecule has 1 amide bonds. The third kappa shape index (κ3) is 2.11. The van der Waals surface area contributed by atoms with Gasteiger partial charge >= 0.3 is 0 Å². The Morgan fingerprint density at radius 3 is 2.91 bits per heavy atom. The number of hydrogen-bond donors (Lipinski definition) is 2. The Labute approximate surface area is 80.6 Å². The number of aromatic nitrogens is 1. The molecule has 6 heteroatoms. The number of halogens is 1. The molecule has 4 nitrogen and oxygen atoms in total. The first-order chi connectivity index (χ1) is 5.11. The van der Waals surface area contributed by atoms with Crippen molar-refractivity contribution >= 4 is 39.8 Å². The predicted octanol–water partition coefficient (Wildman–Crippen LogP) is 0.266. The monoisotopic (exact) mass is 284 g/mol. The van der Waals surface area contributed by atoms with Crippen molar-refractivity contribution in [3.05, 3.63) is 14.1 Å². The van der Waals surface area contributed by atoms with Crippen LogP contribution in [0.15, 0.2) is 6.20 Å². The summed E-state index contributed by atoms with van der Waals surface area (Å²) in [4.78, 5) is 14.2. The van der Waals surface area contributed by atoms with Crippen LogP contribution >= 0.6 is 33.9 Å². The molecular formula is C5H5IN2O2S. The van der Waals surface area contributed by atoms with Gasteiger partial charge in [-0.15, -0.1) is 11.3 Å². The summed E-state index contributed by atoms with van der Waals surface area (Å²) in [7, 11) is 0. The van der Waals surface area contributed by atoms with Crippen molar-refractivity contribution in [1.29, 1.82) is 0 Å². The van der Waals surface area contributed by atoms with Crippen LogP contribution in [0, 0.1) is 2.88 Å². The number of aliphatic hydroxyl groups excluding tert-OH is 1. The van der Waals surface area contributed by atoms with Crippen molar-refractivity contribution in [3.8, 4) is 0 Å². The molecule has 1 aromatic heterocycles. The second-order valence-electron chi connectivity index (χ2n) is 1.81. The van der Waals surface area contributed by atoms with Crippen LogP contribution in [0.2, 0.25) is 0 Å². The highest BCUT2D eigenvalue weighted by Crippen LogP contribution is 2.20. The maximum absolute atomic E-state index is 10.4. The zero-order valence-corrected chi connectivity index (χ0v) is 8.29. The number of nitrogens with zero attached hydrogens (tertiary/aromatic N) is 1. The van der Waals surface area contributed by atoms with Crippen molar-refractivity contribution in [3.63, 3.8) is 0 Å². The molecule has 1 rings (SSSR count). The quantitative estimate of drug-likeness (QED) is 0.765. The summed E-state index contributed by atoms with van der Waals surface area (Å²) in [6, 6.07) is 0. The molecule has 0 radical (unpaired) electrons. The molecule has 11 heavy (non-hydrogen) atoms. The minimum atomic E-state index is -1.26. The molecule has 0 saturated heterocycles. The number of nitrogens with two attached hydrogens (primary N) is 1. The van der Waals surface area contributed by atoms with Gasteiger partial charge in [0.2, 0.25) is 0 Å². The largest absolute Gasteiger partial charge is 0.376 e. The number of amides is 1. The Kier molecular flexibility index (Phi) is 2.79. The minimum Gasteiger partial charge on any atom is -0.376 e. The van der Waals surface area contributed by atoms with Crippen molar-refractivity contribution in [1.82, 2.24) is 4.98 Å². The fraction of sp³-hybridized carbons (Fsp3) is 0.200. The second kappa shape index (κ2) is 3.46. The molecule has 0 aliphatic rings. The van der Waals surface area contributed by atoms with Crippen LogP contribution in [0.4, 0.5) is 0 Å². The maximum atomic E-state index is 10.4. The molecule has 0 aliphatic heterocycles. The van der Waals surface area contributed by atoms with Crippen molar-refractivity contribution in [2.45, 2.75) is 6.10 Å². The molecule has 0 aromatic carbocycles. The van der Waals surface area contributed by atoms with E-state index in [0.717, 1.165) is 2.88 Å². The molecule has 0 saturated carbocycles. The van der Waals surface area contributed by atoms with E-state index in [2.05, 4.69) is 27.6 Å². The Morgan fingerprint density at radius 2 is 2.55 bits per heavy atom. The second-order valence-corrected chi connectivity index (χ2v) is 4.76. The van der Waals surface area contributed by atoms with Gasteiger partial charge in [-0.25, -0.2) is 4.98 Å². The Balaban J connectivity index is 2.84. The minimum absolute atomic E-state index is 0.349. The van der Waals surface area contributed by atoms with E-state index < -0.39 is 12.0 Å². The number of thiazole rings is 1. The summed E-state index contributed by atoms with van der Waals surface area (Å²) in [6.45, 7) is 0. The number of primary amides is 1. The van der Waals surface area contributed by atoms with Gasteiger partial charge in [-0.2, -0.15) is 0 Å². The van der Waals surface area contributed by atoms with Crippen LogP contribution in [-0.2, 0) is 4.79 Å². The summed E-state index contributed by atoms with van der Waals surface area (Å²) in [5.74, 6) is -0.768. The van der Waals surface area contributed by atoms with Gasteiger partial charge in [0.15, 0.2) is 6.10 Å². The molecule has 3 N–H and O–H groups in total. The zero-order chi connectivity index (χ0) is 8.43. The van der Waals surface area contributed by atoms with Gasteiger partial charge in [-0.05, 0) is 22.6 Å². The van der Waals surface area contributed by atoms with Gasteiger partial charge in [0, 0.05) is 0 Å². The lowest BCUT2D eigenvalue weighted by molar-refractivity contribution is -0.126. The van der Waals surface area contributed by atoms with Crippen LogP contribution < -0.4 is 5.73 Å². The van der Waals surface area contributed by atoms with Gasteiger partial charge in [-0.3, -0.25) is 4.79 Å². The summed E-state index contributed by atoms with van der Waals surface area (Å²) in [5, 5.41) is 9.43. The lowest BCUT2D eigenvalue weighted by Crippen LogP contribution is -2.20. The highest BCUT2D eigenvalue weighted by atomic mass is 127. The normalized spacial score (nSPS) is 12.9. The SMILES string of the molecule is NC(=O)C(O)c1ncc(I)s1. The van der Waals surface area contributed by atoms with Crippen molar-refractivity contribution in [2.75, 3.05) is 0 Å². The van der Waals surface area contributed by atoms with E-state index >= 15 is 0 Å². The van der Waals surface area contributed by atoms with E-state index in [1.165, 1.54) is 11.3 Å². The van der Waals surface area contributed by atoms with Crippen molar-refractivity contribution < 1.29 is 9.90 Å². The first-order valence-corrected chi connectivity index (χ1v) is 4.59. The van der Waals surface area contributed by atoms with Crippen LogP contribution in [0.25, 0.3) is 0 Å². The van der Waals surface area contributed by atoms with Crippen LogP contribution in [0.1, 0.15) is 11.1 Å². The fourth-order valence-corrected chi connectivity index (χ4v) is 1.97. The van der Waals surface area contributed by atoms with E-state index in [4.69, 9.17) is 10.8 Å². The summed E-state index contributed by atoms with van der Waals surface area (Å²) in [6.07, 6.45) is 0.315. The first kappa shape index (κ1) is 8.88. The maximum Gasteiger partial charge on any atom is 0.253 e.